The fraction of sp³-hybridized carbons (Fsp3) is 0.625. The van der Waals surface area contributed by atoms with Crippen LogP contribution in [0.25, 0.3) is 0 Å². The molecule has 0 radical (unpaired) electrons. The predicted octanol–water partition coefficient (Wildman–Crippen LogP) is 3.22. The molecule has 1 N–H and O–H groups in total. The molecule has 0 aliphatic carbocycles. The molecule has 3 heteroatoms. The van der Waals surface area contributed by atoms with Gasteiger partial charge in [-0.15, -0.1) is 12.4 Å². The largest absolute Gasteiger partial charge is 0.317 e. The van der Waals surface area contributed by atoms with Gasteiger partial charge >= 0.3 is 0 Å². The summed E-state index contributed by atoms with van der Waals surface area (Å²) in [5.41, 5.74) is 5.76. The Morgan fingerprint density at radius 3 is 2.21 bits per heavy atom. The van der Waals surface area contributed by atoms with E-state index in [1.54, 1.807) is 0 Å². The Labute approximate surface area is 124 Å². The first-order valence-electron chi connectivity index (χ1n) is 7.06. The summed E-state index contributed by atoms with van der Waals surface area (Å²) < 4.78 is 0. The van der Waals surface area contributed by atoms with E-state index in [9.17, 15) is 0 Å². The van der Waals surface area contributed by atoms with Crippen molar-refractivity contribution >= 4 is 12.4 Å². The Bertz CT molecular complexity index is 409. The fourth-order valence-corrected chi connectivity index (χ4v) is 2.81. The first kappa shape index (κ1) is 16.5. The average molecular weight is 283 g/mol. The molecule has 108 valence electrons. The van der Waals surface area contributed by atoms with E-state index in [-0.39, 0.29) is 12.4 Å². The molecule has 1 heterocycles. The van der Waals surface area contributed by atoms with Crippen molar-refractivity contribution in [1.82, 2.24) is 10.2 Å². The van der Waals surface area contributed by atoms with Gasteiger partial charge in [-0.2, -0.15) is 0 Å². The van der Waals surface area contributed by atoms with Crippen molar-refractivity contribution in [2.75, 3.05) is 20.1 Å². The zero-order valence-corrected chi connectivity index (χ0v) is 13.4. The summed E-state index contributed by atoms with van der Waals surface area (Å²) in [6.45, 7) is 10.2. The lowest BCUT2D eigenvalue weighted by atomic mass is 9.99. The maximum Gasteiger partial charge on any atom is 0.0236 e. The van der Waals surface area contributed by atoms with Crippen molar-refractivity contribution in [3.63, 3.8) is 0 Å². The molecule has 1 aliphatic rings. The van der Waals surface area contributed by atoms with Crippen molar-refractivity contribution in [1.29, 1.82) is 0 Å². The van der Waals surface area contributed by atoms with Crippen LogP contribution in [0, 0.1) is 20.8 Å². The van der Waals surface area contributed by atoms with E-state index in [0.29, 0.717) is 0 Å². The van der Waals surface area contributed by atoms with Crippen LogP contribution in [0.3, 0.4) is 0 Å². The van der Waals surface area contributed by atoms with Gasteiger partial charge in [0.15, 0.2) is 0 Å². The van der Waals surface area contributed by atoms with Crippen LogP contribution >= 0.6 is 12.4 Å². The standard InChI is InChI=1S/C16H26N2.ClH/c1-12-9-14(3)15(10-13(12)2)11-18-7-5-16(17-4)6-8-18;/h9-10,16-17H,5-8,11H2,1-4H3;1H. The zero-order chi connectivity index (χ0) is 13.1. The summed E-state index contributed by atoms with van der Waals surface area (Å²) in [6.07, 6.45) is 2.56. The predicted molar refractivity (Wildman–Crippen MR) is 85.3 cm³/mol. The lowest BCUT2D eigenvalue weighted by molar-refractivity contribution is 0.194. The highest BCUT2D eigenvalue weighted by atomic mass is 35.5. The summed E-state index contributed by atoms with van der Waals surface area (Å²) in [5, 5.41) is 3.39. The van der Waals surface area contributed by atoms with Crippen LogP contribution in [0.15, 0.2) is 12.1 Å². The molecule has 2 rings (SSSR count). The van der Waals surface area contributed by atoms with Gasteiger partial charge < -0.3 is 5.32 Å². The second-order valence-electron chi connectivity index (χ2n) is 5.70. The van der Waals surface area contributed by atoms with Crippen LogP contribution < -0.4 is 5.32 Å². The lowest BCUT2D eigenvalue weighted by Crippen LogP contribution is -2.40. The molecule has 0 unspecified atom stereocenters. The van der Waals surface area contributed by atoms with Gasteiger partial charge in [0.05, 0.1) is 0 Å². The maximum atomic E-state index is 3.39. The van der Waals surface area contributed by atoms with Crippen LogP contribution in [-0.2, 0) is 6.54 Å². The molecule has 1 fully saturated rings. The Morgan fingerprint density at radius 1 is 1.05 bits per heavy atom. The monoisotopic (exact) mass is 282 g/mol. The van der Waals surface area contributed by atoms with E-state index >= 15 is 0 Å². The first-order valence-corrected chi connectivity index (χ1v) is 7.06. The van der Waals surface area contributed by atoms with Crippen LogP contribution in [0.2, 0.25) is 0 Å². The Balaban J connectivity index is 0.00000180. The molecule has 0 atom stereocenters. The fourth-order valence-electron chi connectivity index (χ4n) is 2.81. The number of benzene rings is 1. The third kappa shape index (κ3) is 4.20. The molecular weight excluding hydrogens is 256 g/mol. The number of piperidine rings is 1. The number of aryl methyl sites for hydroxylation is 3. The normalized spacial score (nSPS) is 17.3. The Hall–Kier alpha value is -0.570. The van der Waals surface area contributed by atoms with Crippen LogP contribution in [0.1, 0.15) is 35.1 Å². The summed E-state index contributed by atoms with van der Waals surface area (Å²) in [4.78, 5) is 2.59. The number of rotatable bonds is 3. The van der Waals surface area contributed by atoms with Gasteiger partial charge in [-0.25, -0.2) is 0 Å². The molecule has 0 spiro atoms. The van der Waals surface area contributed by atoms with Crippen molar-refractivity contribution in [3.05, 3.63) is 34.4 Å². The molecule has 1 aromatic rings. The van der Waals surface area contributed by atoms with E-state index in [0.717, 1.165) is 12.6 Å². The topological polar surface area (TPSA) is 15.3 Å². The summed E-state index contributed by atoms with van der Waals surface area (Å²) in [6, 6.07) is 5.42. The number of hydrogen-bond acceptors (Lipinski definition) is 2. The highest BCUT2D eigenvalue weighted by Gasteiger charge is 2.18. The molecular formula is C16H27ClN2. The second kappa shape index (κ2) is 7.28. The van der Waals surface area contributed by atoms with Crippen LogP contribution in [0.5, 0.6) is 0 Å². The number of likely N-dealkylation sites (tertiary alicyclic amines) is 1. The average Bonchev–Trinajstić information content (AvgIpc) is 2.37. The number of halogens is 1. The highest BCUT2D eigenvalue weighted by Crippen LogP contribution is 2.19. The van der Waals surface area contributed by atoms with E-state index in [1.807, 2.05) is 0 Å². The molecule has 0 aromatic heterocycles. The first-order chi connectivity index (χ1) is 8.60. The third-order valence-corrected chi connectivity index (χ3v) is 4.34. The summed E-state index contributed by atoms with van der Waals surface area (Å²) >= 11 is 0. The van der Waals surface area contributed by atoms with E-state index in [4.69, 9.17) is 0 Å². The van der Waals surface area contributed by atoms with E-state index in [2.05, 4.69) is 50.2 Å². The molecule has 19 heavy (non-hydrogen) atoms. The lowest BCUT2D eigenvalue weighted by Gasteiger charge is -2.32. The molecule has 1 aliphatic heterocycles. The van der Waals surface area contributed by atoms with Gasteiger partial charge in [0, 0.05) is 12.6 Å². The zero-order valence-electron chi connectivity index (χ0n) is 12.6. The minimum absolute atomic E-state index is 0. The quantitative estimate of drug-likeness (QED) is 0.916. The van der Waals surface area contributed by atoms with Gasteiger partial charge in [-0.05, 0) is 76.0 Å². The molecule has 1 aromatic carbocycles. The van der Waals surface area contributed by atoms with Gasteiger partial charge in [0.1, 0.15) is 0 Å². The van der Waals surface area contributed by atoms with Gasteiger partial charge in [-0.1, -0.05) is 12.1 Å². The minimum Gasteiger partial charge on any atom is -0.317 e. The van der Waals surface area contributed by atoms with Crippen molar-refractivity contribution in [3.8, 4) is 0 Å². The van der Waals surface area contributed by atoms with E-state index in [1.165, 1.54) is 48.2 Å². The molecule has 0 saturated carbocycles. The molecule has 0 bridgehead atoms. The van der Waals surface area contributed by atoms with Crippen LogP contribution in [-0.4, -0.2) is 31.1 Å². The van der Waals surface area contributed by atoms with Gasteiger partial charge in [0.25, 0.3) is 0 Å². The van der Waals surface area contributed by atoms with Gasteiger partial charge in [-0.3, -0.25) is 4.90 Å². The minimum atomic E-state index is 0. The molecule has 1 saturated heterocycles. The van der Waals surface area contributed by atoms with Crippen molar-refractivity contribution in [2.24, 2.45) is 0 Å². The highest BCUT2D eigenvalue weighted by molar-refractivity contribution is 5.85. The van der Waals surface area contributed by atoms with Crippen molar-refractivity contribution < 1.29 is 0 Å². The molecule has 2 nitrogen and oxygen atoms in total. The maximum absolute atomic E-state index is 3.39. The second-order valence-corrected chi connectivity index (χ2v) is 5.70. The summed E-state index contributed by atoms with van der Waals surface area (Å²) in [5.74, 6) is 0. The van der Waals surface area contributed by atoms with Gasteiger partial charge in [0.2, 0.25) is 0 Å². The number of nitrogens with zero attached hydrogens (tertiary/aromatic N) is 1. The van der Waals surface area contributed by atoms with Crippen LogP contribution in [0.4, 0.5) is 0 Å². The Kier molecular flexibility index (Phi) is 6.31. The number of nitrogens with one attached hydrogen (secondary N) is 1. The van der Waals surface area contributed by atoms with E-state index < -0.39 is 0 Å². The SMILES string of the molecule is CNC1CCN(Cc2cc(C)c(C)cc2C)CC1.Cl. The number of hydrogen-bond donors (Lipinski definition) is 1. The third-order valence-electron chi connectivity index (χ3n) is 4.34. The smallest absolute Gasteiger partial charge is 0.0236 e. The van der Waals surface area contributed by atoms with Crippen molar-refractivity contribution in [2.45, 2.75) is 46.2 Å². The Morgan fingerprint density at radius 2 is 1.63 bits per heavy atom. The molecule has 0 amide bonds. The summed E-state index contributed by atoms with van der Waals surface area (Å²) in [7, 11) is 2.08.